The van der Waals surface area contributed by atoms with Crippen LogP contribution in [0, 0.1) is 20.2 Å². The largest absolute Gasteiger partial charge is 0.345 e. The monoisotopic (exact) mass is 294 g/mol. The van der Waals surface area contributed by atoms with E-state index in [-0.39, 0.29) is 10.6 Å². The molecule has 1 N–H and O–H groups in total. The molecule has 0 bridgehead atoms. The van der Waals surface area contributed by atoms with Gasteiger partial charge in [-0.1, -0.05) is 11.8 Å². The van der Waals surface area contributed by atoms with Crippen LogP contribution in [0.15, 0.2) is 45.2 Å². The first-order valence-corrected chi connectivity index (χ1v) is 5.95. The van der Waals surface area contributed by atoms with Crippen LogP contribution in [0.2, 0.25) is 0 Å². The van der Waals surface area contributed by atoms with Crippen LogP contribution in [0.25, 0.3) is 0 Å². The fourth-order valence-corrected chi connectivity index (χ4v) is 2.26. The fourth-order valence-electron chi connectivity index (χ4n) is 1.38. The Balaban J connectivity index is 2.43. The van der Waals surface area contributed by atoms with E-state index >= 15 is 0 Å². The molecule has 0 aliphatic heterocycles. The standard InChI is InChI=1S/C10H6N4O5S/c15-10-11-4-3-9(12-10)20-8-2-1-6(13(16)17)5-7(8)14(18)19/h1-5H,(H,11,12,15). The van der Waals surface area contributed by atoms with Gasteiger partial charge in [0.2, 0.25) is 0 Å². The predicted molar refractivity (Wildman–Crippen MR) is 68.7 cm³/mol. The van der Waals surface area contributed by atoms with Gasteiger partial charge in [-0.3, -0.25) is 20.2 Å². The lowest BCUT2D eigenvalue weighted by molar-refractivity contribution is -0.396. The Kier molecular flexibility index (Phi) is 3.75. The van der Waals surface area contributed by atoms with Crippen molar-refractivity contribution in [1.82, 2.24) is 9.97 Å². The number of benzene rings is 1. The summed E-state index contributed by atoms with van der Waals surface area (Å²) in [6.45, 7) is 0. The highest BCUT2D eigenvalue weighted by Crippen LogP contribution is 2.35. The first-order valence-electron chi connectivity index (χ1n) is 5.13. The normalized spacial score (nSPS) is 10.2. The van der Waals surface area contributed by atoms with E-state index in [0.717, 1.165) is 23.9 Å². The van der Waals surface area contributed by atoms with Crippen molar-refractivity contribution in [3.05, 3.63) is 61.2 Å². The van der Waals surface area contributed by atoms with Crippen molar-refractivity contribution in [2.24, 2.45) is 0 Å². The SMILES string of the molecule is O=c1nccc(Sc2ccc([N+](=O)[O-])cc2[N+](=O)[O-])[nH]1. The van der Waals surface area contributed by atoms with Crippen molar-refractivity contribution in [1.29, 1.82) is 0 Å². The zero-order chi connectivity index (χ0) is 14.7. The van der Waals surface area contributed by atoms with Crippen molar-refractivity contribution < 1.29 is 9.85 Å². The number of nitro benzene ring substituents is 2. The van der Waals surface area contributed by atoms with E-state index in [1.165, 1.54) is 18.3 Å². The molecule has 2 rings (SSSR count). The zero-order valence-corrected chi connectivity index (χ0v) is 10.5. The van der Waals surface area contributed by atoms with Gasteiger partial charge in [-0.15, -0.1) is 0 Å². The van der Waals surface area contributed by atoms with Crippen LogP contribution in [0.4, 0.5) is 11.4 Å². The minimum Gasteiger partial charge on any atom is -0.300 e. The molecule has 10 heteroatoms. The number of nitrogens with zero attached hydrogens (tertiary/aromatic N) is 3. The van der Waals surface area contributed by atoms with Crippen molar-refractivity contribution >= 4 is 23.1 Å². The third-order valence-corrected chi connectivity index (χ3v) is 3.24. The maximum Gasteiger partial charge on any atom is 0.345 e. The molecule has 0 aliphatic rings. The minimum absolute atomic E-state index is 0.183. The molecule has 0 amide bonds. The molecule has 20 heavy (non-hydrogen) atoms. The lowest BCUT2D eigenvalue weighted by Crippen LogP contribution is -2.08. The summed E-state index contributed by atoms with van der Waals surface area (Å²) in [5.41, 5.74) is -1.36. The van der Waals surface area contributed by atoms with Crippen LogP contribution < -0.4 is 5.69 Å². The van der Waals surface area contributed by atoms with E-state index in [1.807, 2.05) is 0 Å². The van der Waals surface area contributed by atoms with Crippen molar-refractivity contribution in [3.63, 3.8) is 0 Å². The summed E-state index contributed by atoms with van der Waals surface area (Å²) in [6.07, 6.45) is 1.26. The van der Waals surface area contributed by atoms with Crippen LogP contribution in [-0.2, 0) is 0 Å². The molecular weight excluding hydrogens is 288 g/mol. The number of aromatic amines is 1. The number of aromatic nitrogens is 2. The van der Waals surface area contributed by atoms with E-state index in [2.05, 4.69) is 9.97 Å². The van der Waals surface area contributed by atoms with Gasteiger partial charge < -0.3 is 4.98 Å². The zero-order valence-electron chi connectivity index (χ0n) is 9.68. The number of non-ortho nitro benzene ring substituents is 1. The maximum atomic E-state index is 11.0. The van der Waals surface area contributed by atoms with Gasteiger partial charge in [0.05, 0.1) is 25.8 Å². The molecule has 102 valence electrons. The lowest BCUT2D eigenvalue weighted by atomic mass is 10.3. The fraction of sp³-hybridized carbons (Fsp3) is 0. The summed E-state index contributed by atoms with van der Waals surface area (Å²) < 4.78 is 0. The Labute approximate surface area is 115 Å². The summed E-state index contributed by atoms with van der Waals surface area (Å²) in [7, 11) is 0. The molecule has 9 nitrogen and oxygen atoms in total. The van der Waals surface area contributed by atoms with Gasteiger partial charge in [0.15, 0.2) is 0 Å². The number of hydrogen-bond donors (Lipinski definition) is 1. The van der Waals surface area contributed by atoms with Gasteiger partial charge in [0.25, 0.3) is 11.4 Å². The molecule has 0 saturated heterocycles. The minimum atomic E-state index is -0.714. The molecule has 0 saturated carbocycles. The molecule has 0 unspecified atom stereocenters. The van der Waals surface area contributed by atoms with E-state index in [4.69, 9.17) is 0 Å². The number of hydrogen-bond acceptors (Lipinski definition) is 7. The molecule has 0 atom stereocenters. The van der Waals surface area contributed by atoms with Gasteiger partial charge in [0, 0.05) is 12.3 Å². The molecule has 0 aliphatic carbocycles. The molecule has 0 radical (unpaired) electrons. The van der Waals surface area contributed by atoms with Gasteiger partial charge in [-0.05, 0) is 12.1 Å². The summed E-state index contributed by atoms with van der Waals surface area (Å²) in [6, 6.07) is 4.77. The highest BCUT2D eigenvalue weighted by molar-refractivity contribution is 7.99. The summed E-state index contributed by atoms with van der Waals surface area (Å²) in [4.78, 5) is 37.2. The Bertz CT molecular complexity index is 744. The number of nitrogens with one attached hydrogen (secondary N) is 1. The molecule has 1 heterocycles. The number of H-pyrrole nitrogens is 1. The Morgan fingerprint density at radius 1 is 1.15 bits per heavy atom. The third kappa shape index (κ3) is 2.98. The van der Waals surface area contributed by atoms with Crippen molar-refractivity contribution in [2.75, 3.05) is 0 Å². The van der Waals surface area contributed by atoms with Crippen LogP contribution >= 0.6 is 11.8 Å². The van der Waals surface area contributed by atoms with Crippen molar-refractivity contribution in [3.8, 4) is 0 Å². The molecule has 1 aromatic carbocycles. The number of rotatable bonds is 4. The number of nitro groups is 2. The summed E-state index contributed by atoms with van der Waals surface area (Å²) in [5.74, 6) is 0. The van der Waals surface area contributed by atoms with Gasteiger partial charge >= 0.3 is 5.69 Å². The van der Waals surface area contributed by atoms with Gasteiger partial charge in [0.1, 0.15) is 0 Å². The second kappa shape index (κ2) is 5.48. The molecule has 1 aromatic heterocycles. The van der Waals surface area contributed by atoms with Crippen molar-refractivity contribution in [2.45, 2.75) is 9.92 Å². The maximum absolute atomic E-state index is 11.0. The van der Waals surface area contributed by atoms with Gasteiger partial charge in [-0.25, -0.2) is 9.78 Å². The Morgan fingerprint density at radius 2 is 1.90 bits per heavy atom. The second-order valence-electron chi connectivity index (χ2n) is 3.51. The quantitative estimate of drug-likeness (QED) is 0.515. The predicted octanol–water partition coefficient (Wildman–Crippen LogP) is 1.74. The summed E-state index contributed by atoms with van der Waals surface area (Å²) >= 11 is 0.917. The molecule has 0 spiro atoms. The molecule has 0 fully saturated rings. The second-order valence-corrected chi connectivity index (χ2v) is 4.59. The van der Waals surface area contributed by atoms with E-state index < -0.39 is 21.2 Å². The van der Waals surface area contributed by atoms with E-state index in [0.29, 0.717) is 5.03 Å². The molecule has 2 aromatic rings. The van der Waals surface area contributed by atoms with Crippen LogP contribution in [-0.4, -0.2) is 19.8 Å². The van der Waals surface area contributed by atoms with Crippen LogP contribution in [0.1, 0.15) is 0 Å². The highest BCUT2D eigenvalue weighted by Gasteiger charge is 2.20. The van der Waals surface area contributed by atoms with Gasteiger partial charge in [-0.2, -0.15) is 0 Å². The average Bonchev–Trinajstić information content (AvgIpc) is 2.38. The summed E-state index contributed by atoms with van der Waals surface area (Å²) in [5, 5.41) is 21.9. The molecular formula is C10H6N4O5S. The van der Waals surface area contributed by atoms with Crippen LogP contribution in [0.5, 0.6) is 0 Å². The van der Waals surface area contributed by atoms with Crippen LogP contribution in [0.3, 0.4) is 0 Å². The first-order chi connectivity index (χ1) is 9.47. The average molecular weight is 294 g/mol. The Morgan fingerprint density at radius 3 is 2.50 bits per heavy atom. The third-order valence-electron chi connectivity index (χ3n) is 2.22. The van der Waals surface area contributed by atoms with E-state index in [1.54, 1.807) is 0 Å². The topological polar surface area (TPSA) is 132 Å². The van der Waals surface area contributed by atoms with E-state index in [9.17, 15) is 25.0 Å². The Hall–Kier alpha value is -2.75. The lowest BCUT2D eigenvalue weighted by Gasteiger charge is -2.02. The first kappa shape index (κ1) is 13.7. The highest BCUT2D eigenvalue weighted by atomic mass is 32.2. The smallest absolute Gasteiger partial charge is 0.300 e.